The van der Waals surface area contributed by atoms with E-state index in [0.717, 1.165) is 16.7 Å². The smallest absolute Gasteiger partial charge is 0.335 e. The van der Waals surface area contributed by atoms with Crippen molar-refractivity contribution in [2.45, 2.75) is 13.8 Å². The summed E-state index contributed by atoms with van der Waals surface area (Å²) in [5.41, 5.74) is 3.69. The minimum Gasteiger partial charge on any atom is -0.507 e. The Balaban J connectivity index is 2.62. The lowest BCUT2D eigenvalue weighted by atomic mass is 9.98. The predicted octanol–water partition coefficient (Wildman–Crippen LogP) is 3.37. The third-order valence-electron chi connectivity index (χ3n) is 2.78. The number of aromatic hydroxyl groups is 1. The number of benzene rings is 2. The second kappa shape index (κ2) is 4.53. The van der Waals surface area contributed by atoms with Crippen LogP contribution in [-0.2, 0) is 0 Å². The molecule has 0 fully saturated rings. The summed E-state index contributed by atoms with van der Waals surface area (Å²) in [5.74, 6) is -0.911. The number of hydrogen-bond acceptors (Lipinski definition) is 2. The van der Waals surface area contributed by atoms with E-state index in [1.807, 2.05) is 32.0 Å². The lowest BCUT2D eigenvalue weighted by Crippen LogP contribution is -1.96. The van der Waals surface area contributed by atoms with Gasteiger partial charge >= 0.3 is 5.97 Å². The Kier molecular flexibility index (Phi) is 3.06. The van der Waals surface area contributed by atoms with Gasteiger partial charge in [-0.1, -0.05) is 29.3 Å². The van der Waals surface area contributed by atoms with Crippen LogP contribution in [0.1, 0.15) is 21.5 Å². The van der Waals surface area contributed by atoms with E-state index in [-0.39, 0.29) is 11.3 Å². The molecule has 0 aliphatic heterocycles. The van der Waals surface area contributed by atoms with Crippen LogP contribution >= 0.6 is 0 Å². The summed E-state index contributed by atoms with van der Waals surface area (Å²) in [6, 6.07) is 10.2. The number of hydrogen-bond donors (Lipinski definition) is 2. The molecule has 0 bridgehead atoms. The van der Waals surface area contributed by atoms with Crippen LogP contribution in [0.2, 0.25) is 0 Å². The average Bonchev–Trinajstić information content (AvgIpc) is 2.27. The molecule has 0 aromatic heterocycles. The van der Waals surface area contributed by atoms with Gasteiger partial charge in [0.05, 0.1) is 5.56 Å². The molecule has 3 heteroatoms. The first-order chi connectivity index (χ1) is 8.47. The Labute approximate surface area is 105 Å². The van der Waals surface area contributed by atoms with E-state index in [9.17, 15) is 9.90 Å². The van der Waals surface area contributed by atoms with Crippen LogP contribution in [0.5, 0.6) is 5.75 Å². The van der Waals surface area contributed by atoms with Gasteiger partial charge in [-0.05, 0) is 37.6 Å². The number of rotatable bonds is 2. The molecule has 0 unspecified atom stereocenters. The highest BCUT2D eigenvalue weighted by Gasteiger charge is 2.10. The number of carboxylic acids is 1. The molecule has 3 nitrogen and oxygen atoms in total. The van der Waals surface area contributed by atoms with Crippen LogP contribution in [0.3, 0.4) is 0 Å². The van der Waals surface area contributed by atoms with Crippen LogP contribution in [-0.4, -0.2) is 16.2 Å². The van der Waals surface area contributed by atoms with Crippen LogP contribution in [0.4, 0.5) is 0 Å². The fourth-order valence-corrected chi connectivity index (χ4v) is 2.03. The maximum atomic E-state index is 10.9. The van der Waals surface area contributed by atoms with E-state index in [1.165, 1.54) is 18.2 Å². The van der Waals surface area contributed by atoms with Crippen molar-refractivity contribution < 1.29 is 15.0 Å². The molecule has 0 heterocycles. The fraction of sp³-hybridized carbons (Fsp3) is 0.133. The molecule has 0 atom stereocenters. The minimum absolute atomic E-state index is 0.0880. The SMILES string of the molecule is Cc1cc(C)cc(-c2cc(C(=O)O)ccc2O)c1. The van der Waals surface area contributed by atoms with Gasteiger partial charge in [0.2, 0.25) is 0 Å². The molecule has 2 N–H and O–H groups in total. The van der Waals surface area contributed by atoms with Crippen molar-refractivity contribution in [1.82, 2.24) is 0 Å². The maximum Gasteiger partial charge on any atom is 0.335 e. The van der Waals surface area contributed by atoms with Gasteiger partial charge in [0, 0.05) is 5.56 Å². The van der Waals surface area contributed by atoms with E-state index < -0.39 is 5.97 Å². The second-order valence-electron chi connectivity index (χ2n) is 4.41. The number of phenols is 1. The Bertz CT molecular complexity index is 595. The van der Waals surface area contributed by atoms with Gasteiger partial charge in [-0.3, -0.25) is 0 Å². The summed E-state index contributed by atoms with van der Waals surface area (Å²) in [4.78, 5) is 10.9. The largest absolute Gasteiger partial charge is 0.507 e. The molecule has 0 aliphatic carbocycles. The second-order valence-corrected chi connectivity index (χ2v) is 4.41. The molecular weight excluding hydrogens is 228 g/mol. The van der Waals surface area contributed by atoms with E-state index in [2.05, 4.69) is 0 Å². The molecule has 0 saturated carbocycles. The van der Waals surface area contributed by atoms with Crippen LogP contribution in [0.15, 0.2) is 36.4 Å². The molecule has 0 amide bonds. The van der Waals surface area contributed by atoms with E-state index in [1.54, 1.807) is 0 Å². The molecule has 2 aromatic rings. The van der Waals surface area contributed by atoms with Gasteiger partial charge in [-0.25, -0.2) is 4.79 Å². The lowest BCUT2D eigenvalue weighted by Gasteiger charge is -2.08. The topological polar surface area (TPSA) is 57.5 Å². The van der Waals surface area contributed by atoms with Gasteiger partial charge in [-0.2, -0.15) is 0 Å². The van der Waals surface area contributed by atoms with Gasteiger partial charge in [0.1, 0.15) is 5.75 Å². The summed E-state index contributed by atoms with van der Waals surface area (Å²) >= 11 is 0. The Hall–Kier alpha value is -2.29. The van der Waals surface area contributed by atoms with Gasteiger partial charge in [-0.15, -0.1) is 0 Å². The van der Waals surface area contributed by atoms with E-state index in [0.29, 0.717) is 5.56 Å². The third kappa shape index (κ3) is 2.35. The van der Waals surface area contributed by atoms with Crippen molar-refractivity contribution in [3.63, 3.8) is 0 Å². The lowest BCUT2D eigenvalue weighted by molar-refractivity contribution is 0.0697. The quantitative estimate of drug-likeness (QED) is 0.848. The predicted molar refractivity (Wildman–Crippen MR) is 70.0 cm³/mol. The van der Waals surface area contributed by atoms with Crippen molar-refractivity contribution >= 4 is 5.97 Å². The van der Waals surface area contributed by atoms with Crippen LogP contribution in [0, 0.1) is 13.8 Å². The summed E-state index contributed by atoms with van der Waals surface area (Å²) in [6.45, 7) is 3.93. The van der Waals surface area contributed by atoms with E-state index >= 15 is 0 Å². The normalized spacial score (nSPS) is 10.3. The molecule has 2 rings (SSSR count). The van der Waals surface area contributed by atoms with Crippen LogP contribution in [0.25, 0.3) is 11.1 Å². The number of carbonyl (C=O) groups is 1. The molecule has 2 aromatic carbocycles. The first kappa shape index (κ1) is 12.2. The van der Waals surface area contributed by atoms with Gasteiger partial charge < -0.3 is 10.2 Å². The minimum atomic E-state index is -0.999. The maximum absolute atomic E-state index is 10.9. The number of carboxylic acid groups (broad SMARTS) is 1. The zero-order chi connectivity index (χ0) is 13.3. The first-order valence-corrected chi connectivity index (χ1v) is 5.62. The molecule has 92 valence electrons. The highest BCUT2D eigenvalue weighted by Crippen LogP contribution is 2.31. The Morgan fingerprint density at radius 1 is 1.00 bits per heavy atom. The number of aromatic carboxylic acids is 1. The van der Waals surface area contributed by atoms with Gasteiger partial charge in [0.15, 0.2) is 0 Å². The summed E-state index contributed by atoms with van der Waals surface area (Å²) in [5, 5.41) is 18.8. The molecule has 18 heavy (non-hydrogen) atoms. The first-order valence-electron chi connectivity index (χ1n) is 5.62. The van der Waals surface area contributed by atoms with Crippen molar-refractivity contribution in [1.29, 1.82) is 0 Å². The van der Waals surface area contributed by atoms with E-state index in [4.69, 9.17) is 5.11 Å². The third-order valence-corrected chi connectivity index (χ3v) is 2.78. The number of phenolic OH excluding ortho intramolecular Hbond substituents is 1. The highest BCUT2D eigenvalue weighted by atomic mass is 16.4. The average molecular weight is 242 g/mol. The molecule has 0 spiro atoms. The van der Waals surface area contributed by atoms with Crippen molar-refractivity contribution in [3.05, 3.63) is 53.1 Å². The zero-order valence-corrected chi connectivity index (χ0v) is 10.3. The number of aryl methyl sites for hydroxylation is 2. The van der Waals surface area contributed by atoms with Crippen molar-refractivity contribution in [2.24, 2.45) is 0 Å². The van der Waals surface area contributed by atoms with Gasteiger partial charge in [0.25, 0.3) is 0 Å². The monoisotopic (exact) mass is 242 g/mol. The summed E-state index contributed by atoms with van der Waals surface area (Å²) in [6.07, 6.45) is 0. The Morgan fingerprint density at radius 3 is 2.17 bits per heavy atom. The van der Waals surface area contributed by atoms with Crippen molar-refractivity contribution in [3.8, 4) is 16.9 Å². The highest BCUT2D eigenvalue weighted by molar-refractivity contribution is 5.90. The molecule has 0 radical (unpaired) electrons. The summed E-state index contributed by atoms with van der Waals surface area (Å²) in [7, 11) is 0. The fourth-order valence-electron chi connectivity index (χ4n) is 2.03. The molecule has 0 saturated heterocycles. The molecular formula is C15H14O3. The summed E-state index contributed by atoms with van der Waals surface area (Å²) < 4.78 is 0. The standard InChI is InChI=1S/C15H14O3/c1-9-5-10(2)7-12(6-9)13-8-11(15(17)18)3-4-14(13)16/h3-8,16H,1-2H3,(H,17,18). The zero-order valence-electron chi connectivity index (χ0n) is 10.3. The van der Waals surface area contributed by atoms with Crippen LogP contribution < -0.4 is 0 Å². The molecule has 0 aliphatic rings. The van der Waals surface area contributed by atoms with Crippen molar-refractivity contribution in [2.75, 3.05) is 0 Å². The Morgan fingerprint density at radius 2 is 1.61 bits per heavy atom.